The monoisotopic (exact) mass is 195 g/mol. The van der Waals surface area contributed by atoms with Gasteiger partial charge < -0.3 is 4.74 Å². The number of hydrogen-bond donors (Lipinski definition) is 0. The molecule has 0 amide bonds. The van der Waals surface area contributed by atoms with E-state index in [-0.39, 0.29) is 11.8 Å². The quantitative estimate of drug-likeness (QED) is 0.684. The number of rotatable bonds is 1. The van der Waals surface area contributed by atoms with Gasteiger partial charge in [-0.15, -0.1) is 0 Å². The van der Waals surface area contributed by atoms with E-state index >= 15 is 0 Å². The molecule has 4 heteroatoms. The van der Waals surface area contributed by atoms with Crippen LogP contribution >= 0.6 is 0 Å². The van der Waals surface area contributed by atoms with Crippen LogP contribution in [0.5, 0.6) is 5.75 Å². The number of carbonyl (C=O) groups excluding carboxylic acids is 2. The van der Waals surface area contributed by atoms with Crippen LogP contribution in [0.3, 0.4) is 0 Å². The Balaban J connectivity index is 0.000000500. The minimum atomic E-state index is -0.136. The molecule has 1 aromatic rings. The lowest BCUT2D eigenvalue weighted by Gasteiger charge is -2.20. The smallest absolute Gasteiger partial charge is 0.373 e. The van der Waals surface area contributed by atoms with Crippen LogP contribution in [0, 0.1) is 0 Å². The lowest BCUT2D eigenvalue weighted by molar-refractivity contribution is -0.191. The van der Waals surface area contributed by atoms with Crippen LogP contribution in [-0.4, -0.2) is 16.7 Å². The van der Waals surface area contributed by atoms with Crippen molar-refractivity contribution in [3.8, 4) is 5.75 Å². The normalized spacial score (nSPS) is 9.36. The van der Waals surface area contributed by atoms with Gasteiger partial charge >= 0.3 is 6.15 Å². The van der Waals surface area contributed by atoms with Crippen LogP contribution in [0.1, 0.15) is 20.8 Å². The van der Waals surface area contributed by atoms with Crippen LogP contribution in [0.2, 0.25) is 0 Å². The van der Waals surface area contributed by atoms with Gasteiger partial charge in [-0.1, -0.05) is 0 Å². The van der Waals surface area contributed by atoms with E-state index in [4.69, 9.17) is 14.3 Å². The number of hydrogen-bond acceptors (Lipinski definition) is 4. The molecule has 76 valence electrons. The van der Waals surface area contributed by atoms with Crippen LogP contribution in [-0.2, 0) is 9.59 Å². The van der Waals surface area contributed by atoms with Crippen molar-refractivity contribution in [1.82, 2.24) is 4.98 Å². The van der Waals surface area contributed by atoms with E-state index in [0.717, 1.165) is 5.75 Å². The van der Waals surface area contributed by atoms with Crippen molar-refractivity contribution in [2.24, 2.45) is 0 Å². The van der Waals surface area contributed by atoms with E-state index in [1.807, 2.05) is 32.9 Å². The Morgan fingerprint density at radius 1 is 1.36 bits per heavy atom. The molecule has 0 saturated heterocycles. The maximum Gasteiger partial charge on any atom is 0.373 e. The Bertz CT molecular complexity index is 284. The first-order valence-electron chi connectivity index (χ1n) is 4.08. The van der Waals surface area contributed by atoms with Gasteiger partial charge in [-0.2, -0.15) is 9.59 Å². The van der Waals surface area contributed by atoms with E-state index in [1.54, 1.807) is 12.4 Å². The molecule has 1 rings (SSSR count). The van der Waals surface area contributed by atoms with Gasteiger partial charge in [0.2, 0.25) is 0 Å². The van der Waals surface area contributed by atoms with Gasteiger partial charge in [0, 0.05) is 6.20 Å². The van der Waals surface area contributed by atoms with Crippen molar-refractivity contribution in [2.45, 2.75) is 26.4 Å². The molecule has 1 heterocycles. The molecule has 14 heavy (non-hydrogen) atoms. The summed E-state index contributed by atoms with van der Waals surface area (Å²) in [4.78, 5) is 20.2. The van der Waals surface area contributed by atoms with Gasteiger partial charge in [-0.3, -0.25) is 4.98 Å². The van der Waals surface area contributed by atoms with Gasteiger partial charge in [0.1, 0.15) is 11.4 Å². The number of nitrogens with zero attached hydrogens (tertiary/aromatic N) is 1. The highest BCUT2D eigenvalue weighted by atomic mass is 16.5. The van der Waals surface area contributed by atoms with Crippen molar-refractivity contribution >= 4 is 6.15 Å². The molecule has 0 bridgehead atoms. The fourth-order valence-corrected chi connectivity index (χ4v) is 0.761. The summed E-state index contributed by atoms with van der Waals surface area (Å²) in [7, 11) is 0. The minimum Gasteiger partial charge on any atom is -0.487 e. The Morgan fingerprint density at radius 3 is 2.29 bits per heavy atom. The van der Waals surface area contributed by atoms with Crippen molar-refractivity contribution in [2.75, 3.05) is 0 Å². The predicted octanol–water partition coefficient (Wildman–Crippen LogP) is 1.68. The molecule has 4 nitrogen and oxygen atoms in total. The van der Waals surface area contributed by atoms with E-state index in [9.17, 15) is 0 Å². The summed E-state index contributed by atoms with van der Waals surface area (Å²) in [6.07, 6.45) is 3.70. The zero-order chi connectivity index (χ0) is 11.0. The Labute approximate surface area is 82.9 Å². The highest BCUT2D eigenvalue weighted by molar-refractivity contribution is 5.20. The molecule has 0 aromatic carbocycles. The number of pyridine rings is 1. The maximum absolute atomic E-state index is 8.12. The maximum atomic E-state index is 8.12. The van der Waals surface area contributed by atoms with Gasteiger partial charge in [0.25, 0.3) is 0 Å². The third-order valence-electron chi connectivity index (χ3n) is 1.06. The molecule has 0 aliphatic carbocycles. The second kappa shape index (κ2) is 5.89. The van der Waals surface area contributed by atoms with Crippen molar-refractivity contribution in [3.63, 3.8) is 0 Å². The summed E-state index contributed by atoms with van der Waals surface area (Å²) in [5.74, 6) is 0.819. The molecule has 0 saturated carbocycles. The molecule has 0 radical (unpaired) electrons. The van der Waals surface area contributed by atoms with Gasteiger partial charge in [0.15, 0.2) is 0 Å². The second-order valence-corrected chi connectivity index (χ2v) is 3.49. The summed E-state index contributed by atoms with van der Waals surface area (Å²) >= 11 is 0. The van der Waals surface area contributed by atoms with Crippen molar-refractivity contribution in [1.29, 1.82) is 0 Å². The summed E-state index contributed by atoms with van der Waals surface area (Å²) in [6, 6.07) is 3.76. The molecule has 0 spiro atoms. The predicted molar refractivity (Wildman–Crippen MR) is 49.6 cm³/mol. The lowest BCUT2D eigenvalue weighted by Crippen LogP contribution is -2.22. The molecule has 0 unspecified atom stereocenters. The summed E-state index contributed by atoms with van der Waals surface area (Å²) in [5, 5.41) is 0. The van der Waals surface area contributed by atoms with E-state index < -0.39 is 0 Å². The molecular formula is C10H13NO3. The average Bonchev–Trinajstić information content (AvgIpc) is 2.04. The first-order valence-corrected chi connectivity index (χ1v) is 4.08. The standard InChI is InChI=1S/C9H13NO.CO2/c1-9(2,3)11-8-5-4-6-10-7-8;2-1-3/h4-7H,1-3H3;. The first kappa shape index (κ1) is 12.3. The third kappa shape index (κ3) is 7.00. The van der Waals surface area contributed by atoms with Crippen molar-refractivity contribution < 1.29 is 14.3 Å². The highest BCUT2D eigenvalue weighted by Crippen LogP contribution is 2.15. The topological polar surface area (TPSA) is 56.3 Å². The summed E-state index contributed by atoms with van der Waals surface area (Å²) in [5.41, 5.74) is -0.136. The summed E-state index contributed by atoms with van der Waals surface area (Å²) < 4.78 is 5.54. The highest BCUT2D eigenvalue weighted by Gasteiger charge is 2.10. The fourth-order valence-electron chi connectivity index (χ4n) is 0.761. The molecule has 0 N–H and O–H groups in total. The van der Waals surface area contributed by atoms with Crippen LogP contribution < -0.4 is 4.74 Å². The molecular weight excluding hydrogens is 182 g/mol. The molecule has 0 aliphatic heterocycles. The van der Waals surface area contributed by atoms with Gasteiger partial charge in [-0.05, 0) is 32.9 Å². The Kier molecular flexibility index (Phi) is 5.19. The minimum absolute atomic E-state index is 0.136. The lowest BCUT2D eigenvalue weighted by atomic mass is 10.2. The van der Waals surface area contributed by atoms with Gasteiger partial charge in [-0.25, -0.2) is 0 Å². The first-order chi connectivity index (χ1) is 6.49. The van der Waals surface area contributed by atoms with Crippen LogP contribution in [0.25, 0.3) is 0 Å². The van der Waals surface area contributed by atoms with E-state index in [1.165, 1.54) is 0 Å². The number of aromatic nitrogens is 1. The zero-order valence-corrected chi connectivity index (χ0v) is 8.48. The van der Waals surface area contributed by atoms with E-state index in [2.05, 4.69) is 4.98 Å². The third-order valence-corrected chi connectivity index (χ3v) is 1.06. The van der Waals surface area contributed by atoms with Crippen LogP contribution in [0.15, 0.2) is 24.5 Å². The van der Waals surface area contributed by atoms with Crippen LogP contribution in [0.4, 0.5) is 0 Å². The molecule has 0 fully saturated rings. The Morgan fingerprint density at radius 2 is 1.93 bits per heavy atom. The Hall–Kier alpha value is -1.67. The number of ether oxygens (including phenoxy) is 1. The largest absolute Gasteiger partial charge is 0.487 e. The van der Waals surface area contributed by atoms with E-state index in [0.29, 0.717) is 0 Å². The van der Waals surface area contributed by atoms with Gasteiger partial charge in [0.05, 0.1) is 6.20 Å². The average molecular weight is 195 g/mol. The zero-order valence-electron chi connectivity index (χ0n) is 8.48. The summed E-state index contributed by atoms with van der Waals surface area (Å²) in [6.45, 7) is 6.04. The second-order valence-electron chi connectivity index (χ2n) is 3.49. The SMILES string of the molecule is CC(C)(C)Oc1cccnc1.O=C=O. The van der Waals surface area contributed by atoms with Crippen molar-refractivity contribution in [3.05, 3.63) is 24.5 Å². The molecule has 0 atom stereocenters. The molecule has 0 aliphatic rings. The molecule has 1 aromatic heterocycles. The fraction of sp³-hybridized carbons (Fsp3) is 0.400.